The first-order valence-electron chi connectivity index (χ1n) is 3.51. The molecule has 0 saturated heterocycles. The monoisotopic (exact) mass is 185 g/mol. The van der Waals surface area contributed by atoms with Gasteiger partial charge in [-0.2, -0.15) is 0 Å². The second-order valence-corrected chi connectivity index (χ2v) is 2.04. The minimum Gasteiger partial charge on any atom is -0.480 e. The molecule has 12 heavy (non-hydrogen) atoms. The summed E-state index contributed by atoms with van der Waals surface area (Å²) in [6.45, 7) is 1.93. The zero-order valence-electron chi connectivity index (χ0n) is 7.34. The van der Waals surface area contributed by atoms with E-state index >= 15 is 0 Å². The van der Waals surface area contributed by atoms with Gasteiger partial charge in [0.25, 0.3) is 0 Å². The molecule has 0 saturated carbocycles. The number of carbonyl (C=O) groups is 1. The largest absolute Gasteiger partial charge is 0.480 e. The van der Waals surface area contributed by atoms with E-state index in [4.69, 9.17) is 10.2 Å². The topological polar surface area (TPSA) is 81.6 Å². The van der Waals surface area contributed by atoms with Crippen LogP contribution in [0.3, 0.4) is 0 Å². The van der Waals surface area contributed by atoms with Crippen LogP contribution < -0.4 is 10.6 Å². The molecule has 6 heteroatoms. The Morgan fingerprint density at radius 2 is 1.75 bits per heavy atom. The van der Waals surface area contributed by atoms with Crippen LogP contribution in [0.2, 0.25) is 0 Å². The van der Waals surface area contributed by atoms with Crippen molar-refractivity contribution in [3.63, 3.8) is 0 Å². The Bertz CT molecular complexity index is 113. The predicted octanol–water partition coefficient (Wildman–Crippen LogP) is -2.14. The second kappa shape index (κ2) is 11.4. The molecule has 4 N–H and O–H groups in total. The number of aliphatic carboxylic acids is 1. The Balaban J connectivity index is 0. The molecule has 0 bridgehead atoms. The van der Waals surface area contributed by atoms with Gasteiger partial charge in [-0.25, -0.2) is 0 Å². The predicted molar refractivity (Wildman–Crippen MR) is 46.2 cm³/mol. The van der Waals surface area contributed by atoms with Gasteiger partial charge >= 0.3 is 5.97 Å². The molecule has 67 valence electrons. The summed E-state index contributed by atoms with van der Waals surface area (Å²) in [4.78, 5) is 9.97. The molecule has 0 spiro atoms. The number of carboxylic acids is 1. The van der Waals surface area contributed by atoms with Crippen LogP contribution in [0.25, 0.3) is 0 Å². The average Bonchev–Trinajstić information content (AvgIpc) is 1.96. The zero-order valence-corrected chi connectivity index (χ0v) is 9.34. The van der Waals surface area contributed by atoms with E-state index in [0.717, 1.165) is 0 Å². The van der Waals surface area contributed by atoms with Crippen molar-refractivity contribution in [3.05, 3.63) is 0 Å². The SMILES string of the molecule is O=C(O)CNCCNCCO.[Na]. The van der Waals surface area contributed by atoms with Crippen molar-refractivity contribution in [1.29, 1.82) is 0 Å². The van der Waals surface area contributed by atoms with Crippen LogP contribution >= 0.6 is 0 Å². The molecule has 5 nitrogen and oxygen atoms in total. The molecule has 0 aliphatic rings. The van der Waals surface area contributed by atoms with E-state index in [1.54, 1.807) is 0 Å². The van der Waals surface area contributed by atoms with E-state index in [9.17, 15) is 4.79 Å². The number of aliphatic hydroxyl groups excluding tert-OH is 1. The molecule has 0 aliphatic carbocycles. The molecule has 0 atom stereocenters. The third-order valence-electron chi connectivity index (χ3n) is 1.04. The van der Waals surface area contributed by atoms with E-state index in [2.05, 4.69) is 10.6 Å². The maximum absolute atomic E-state index is 9.97. The fraction of sp³-hybridized carbons (Fsp3) is 0.833. The van der Waals surface area contributed by atoms with Crippen LogP contribution in [-0.2, 0) is 4.79 Å². The summed E-state index contributed by atoms with van der Waals surface area (Å²) in [6.07, 6.45) is 0. The Hall–Kier alpha value is 0.350. The van der Waals surface area contributed by atoms with Crippen molar-refractivity contribution in [3.8, 4) is 0 Å². The minimum absolute atomic E-state index is 0. The number of hydrogen-bond donors (Lipinski definition) is 4. The molecule has 0 aromatic carbocycles. The van der Waals surface area contributed by atoms with Crippen LogP contribution in [0.15, 0.2) is 0 Å². The van der Waals surface area contributed by atoms with Crippen LogP contribution in [0, 0.1) is 0 Å². The van der Waals surface area contributed by atoms with E-state index in [0.29, 0.717) is 19.6 Å². The van der Waals surface area contributed by atoms with Crippen molar-refractivity contribution in [2.75, 3.05) is 32.8 Å². The summed E-state index contributed by atoms with van der Waals surface area (Å²) in [5.41, 5.74) is 0. The summed E-state index contributed by atoms with van der Waals surface area (Å²) >= 11 is 0. The number of hydrogen-bond acceptors (Lipinski definition) is 4. The summed E-state index contributed by atoms with van der Waals surface area (Å²) in [5, 5.41) is 22.1. The van der Waals surface area contributed by atoms with Gasteiger partial charge < -0.3 is 20.8 Å². The first-order chi connectivity index (χ1) is 5.27. The van der Waals surface area contributed by atoms with E-state index in [1.165, 1.54) is 0 Å². The van der Waals surface area contributed by atoms with Crippen molar-refractivity contribution >= 4 is 35.5 Å². The normalized spacial score (nSPS) is 9.08. The molecule has 0 amide bonds. The van der Waals surface area contributed by atoms with Crippen molar-refractivity contribution in [2.45, 2.75) is 0 Å². The van der Waals surface area contributed by atoms with Crippen LogP contribution in [0.4, 0.5) is 0 Å². The molecular weight excluding hydrogens is 171 g/mol. The van der Waals surface area contributed by atoms with Gasteiger partial charge in [0.1, 0.15) is 0 Å². The smallest absolute Gasteiger partial charge is 0.317 e. The number of rotatable bonds is 7. The third-order valence-corrected chi connectivity index (χ3v) is 1.04. The minimum atomic E-state index is -0.854. The maximum atomic E-state index is 9.97. The Kier molecular flexibility index (Phi) is 14.0. The van der Waals surface area contributed by atoms with Crippen LogP contribution in [-0.4, -0.2) is 78.5 Å². The molecule has 0 fully saturated rings. The van der Waals surface area contributed by atoms with Crippen LogP contribution in [0.1, 0.15) is 0 Å². The van der Waals surface area contributed by atoms with E-state index < -0.39 is 5.97 Å². The molecule has 0 aromatic rings. The molecular formula is C6H14N2NaO3. The van der Waals surface area contributed by atoms with Crippen molar-refractivity contribution in [1.82, 2.24) is 10.6 Å². The van der Waals surface area contributed by atoms with Crippen molar-refractivity contribution < 1.29 is 15.0 Å². The zero-order chi connectivity index (χ0) is 8.53. The number of aliphatic hydroxyl groups is 1. The van der Waals surface area contributed by atoms with Gasteiger partial charge in [-0.05, 0) is 0 Å². The molecule has 0 rings (SSSR count). The summed E-state index contributed by atoms with van der Waals surface area (Å²) < 4.78 is 0. The summed E-state index contributed by atoms with van der Waals surface area (Å²) in [7, 11) is 0. The molecule has 1 radical (unpaired) electrons. The second-order valence-electron chi connectivity index (χ2n) is 2.04. The fourth-order valence-electron chi connectivity index (χ4n) is 0.576. The first kappa shape index (κ1) is 14.9. The Labute approximate surface area is 93.8 Å². The molecule has 0 aliphatic heterocycles. The summed E-state index contributed by atoms with van der Waals surface area (Å²) in [6, 6.07) is 0. The van der Waals surface area contributed by atoms with Gasteiger partial charge in [-0.1, -0.05) is 0 Å². The molecule has 0 aromatic heterocycles. The van der Waals surface area contributed by atoms with Crippen LogP contribution in [0.5, 0.6) is 0 Å². The van der Waals surface area contributed by atoms with Gasteiger partial charge in [0, 0.05) is 49.2 Å². The number of carboxylic acid groups (broad SMARTS) is 1. The third kappa shape index (κ3) is 13.0. The number of nitrogens with one attached hydrogen (secondary N) is 2. The maximum Gasteiger partial charge on any atom is 0.317 e. The van der Waals surface area contributed by atoms with E-state index in [1.807, 2.05) is 0 Å². The van der Waals surface area contributed by atoms with Gasteiger partial charge in [-0.15, -0.1) is 0 Å². The molecule has 0 unspecified atom stereocenters. The first-order valence-corrected chi connectivity index (χ1v) is 3.51. The Morgan fingerprint density at radius 1 is 1.17 bits per heavy atom. The van der Waals surface area contributed by atoms with Gasteiger partial charge in [-0.3, -0.25) is 4.79 Å². The van der Waals surface area contributed by atoms with Gasteiger partial charge in [0.2, 0.25) is 0 Å². The van der Waals surface area contributed by atoms with Gasteiger partial charge in [0.05, 0.1) is 13.2 Å². The fourth-order valence-corrected chi connectivity index (χ4v) is 0.576. The molecule has 0 heterocycles. The average molecular weight is 185 g/mol. The van der Waals surface area contributed by atoms with E-state index in [-0.39, 0.29) is 42.7 Å². The van der Waals surface area contributed by atoms with Gasteiger partial charge in [0.15, 0.2) is 0 Å². The Morgan fingerprint density at radius 3 is 2.25 bits per heavy atom. The standard InChI is InChI=1S/C6H14N2O3.Na/c9-4-3-7-1-2-8-5-6(10)11;/h7-9H,1-5H2,(H,10,11);. The summed E-state index contributed by atoms with van der Waals surface area (Å²) in [5.74, 6) is -0.854. The quantitative estimate of drug-likeness (QED) is 0.269. The van der Waals surface area contributed by atoms with Crippen molar-refractivity contribution in [2.24, 2.45) is 0 Å².